The fourth-order valence-electron chi connectivity index (χ4n) is 3.44. The highest BCUT2D eigenvalue weighted by Crippen LogP contribution is 2.46. The Bertz CT molecular complexity index is 276. The zero-order valence-electron chi connectivity index (χ0n) is 10.1. The van der Waals surface area contributed by atoms with E-state index in [2.05, 4.69) is 31.6 Å². The highest BCUT2D eigenvalue weighted by Gasteiger charge is 2.59. The Morgan fingerprint density at radius 2 is 1.87 bits per heavy atom. The number of piperidine rings is 1. The molecule has 3 nitrogen and oxygen atoms in total. The first-order chi connectivity index (χ1) is 6.96. The quantitative estimate of drug-likeness (QED) is 0.667. The Labute approximate surface area is 92.9 Å². The van der Waals surface area contributed by atoms with Crippen LogP contribution in [-0.2, 0) is 9.16 Å². The molecule has 0 N–H and O–H groups in total. The SMILES string of the molecule is CN1[C@@H]2C[C@@H]3C[C@H]1[C@H](O[Si](C)(C)C)[C@H]2O3. The van der Waals surface area contributed by atoms with E-state index in [4.69, 9.17) is 9.16 Å². The monoisotopic (exact) mass is 227 g/mol. The van der Waals surface area contributed by atoms with Crippen molar-refractivity contribution in [2.45, 2.75) is 62.9 Å². The van der Waals surface area contributed by atoms with E-state index in [-0.39, 0.29) is 0 Å². The Balaban J connectivity index is 1.81. The molecule has 0 aromatic heterocycles. The molecule has 5 atom stereocenters. The Morgan fingerprint density at radius 3 is 2.47 bits per heavy atom. The zero-order valence-corrected chi connectivity index (χ0v) is 11.1. The van der Waals surface area contributed by atoms with Gasteiger partial charge in [-0.2, -0.15) is 0 Å². The average Bonchev–Trinajstić information content (AvgIpc) is 2.50. The predicted octanol–water partition coefficient (Wildman–Crippen LogP) is 1.45. The predicted molar refractivity (Wildman–Crippen MR) is 61.5 cm³/mol. The van der Waals surface area contributed by atoms with Crippen LogP contribution in [0.1, 0.15) is 12.8 Å². The lowest BCUT2D eigenvalue weighted by molar-refractivity contribution is -0.0684. The van der Waals surface area contributed by atoms with Crippen molar-refractivity contribution in [3.8, 4) is 0 Å². The lowest BCUT2D eigenvalue weighted by Crippen LogP contribution is -2.49. The van der Waals surface area contributed by atoms with Gasteiger partial charge in [-0.05, 0) is 39.5 Å². The van der Waals surface area contributed by atoms with Gasteiger partial charge in [0, 0.05) is 12.1 Å². The number of ether oxygens (including phenoxy) is 1. The molecule has 0 saturated carbocycles. The molecule has 4 fully saturated rings. The van der Waals surface area contributed by atoms with E-state index in [0.29, 0.717) is 30.4 Å². The van der Waals surface area contributed by atoms with Gasteiger partial charge in [-0.3, -0.25) is 4.90 Å². The molecule has 0 amide bonds. The summed E-state index contributed by atoms with van der Waals surface area (Å²) < 4.78 is 12.3. The molecule has 0 radical (unpaired) electrons. The molecule has 0 aromatic rings. The Morgan fingerprint density at radius 1 is 1.20 bits per heavy atom. The standard InChI is InChI=1S/C11H21NO2Si/c1-12-8-5-7-6-9(12)11(10(8)13-7)14-15(2,3)4/h7-11H,5-6H2,1-4H3/t7-,8-,9+,10+,11+/m1/s1. The van der Waals surface area contributed by atoms with Crippen molar-refractivity contribution >= 4 is 8.32 Å². The summed E-state index contributed by atoms with van der Waals surface area (Å²) >= 11 is 0. The molecule has 4 aliphatic rings. The topological polar surface area (TPSA) is 21.7 Å². The van der Waals surface area contributed by atoms with Crippen molar-refractivity contribution in [2.24, 2.45) is 0 Å². The fourth-order valence-corrected chi connectivity index (χ4v) is 4.55. The van der Waals surface area contributed by atoms with E-state index in [1.165, 1.54) is 12.8 Å². The van der Waals surface area contributed by atoms with Crippen LogP contribution < -0.4 is 0 Å². The molecule has 4 aliphatic heterocycles. The largest absolute Gasteiger partial charge is 0.410 e. The van der Waals surface area contributed by atoms with Gasteiger partial charge in [0.15, 0.2) is 8.32 Å². The maximum atomic E-state index is 6.31. The molecule has 4 heteroatoms. The molecule has 4 heterocycles. The maximum Gasteiger partial charge on any atom is 0.184 e. The van der Waals surface area contributed by atoms with Crippen LogP contribution >= 0.6 is 0 Å². The van der Waals surface area contributed by atoms with Gasteiger partial charge in [-0.1, -0.05) is 0 Å². The number of hydrogen-bond donors (Lipinski definition) is 0. The first-order valence-electron chi connectivity index (χ1n) is 6.01. The smallest absolute Gasteiger partial charge is 0.184 e. The van der Waals surface area contributed by atoms with Crippen LogP contribution in [0.2, 0.25) is 19.6 Å². The van der Waals surface area contributed by atoms with Crippen molar-refractivity contribution in [3.63, 3.8) is 0 Å². The van der Waals surface area contributed by atoms with Gasteiger partial charge in [0.25, 0.3) is 0 Å². The summed E-state index contributed by atoms with van der Waals surface area (Å²) in [6.45, 7) is 6.81. The third kappa shape index (κ3) is 1.50. The van der Waals surface area contributed by atoms with Crippen LogP contribution in [-0.4, -0.2) is 50.7 Å². The van der Waals surface area contributed by atoms with Gasteiger partial charge < -0.3 is 9.16 Å². The molecule has 0 aliphatic carbocycles. The zero-order chi connectivity index (χ0) is 10.8. The molecule has 0 unspecified atom stereocenters. The van der Waals surface area contributed by atoms with Gasteiger partial charge >= 0.3 is 0 Å². The summed E-state index contributed by atoms with van der Waals surface area (Å²) in [7, 11) is 0.801. The molecule has 0 aromatic carbocycles. The summed E-state index contributed by atoms with van der Waals surface area (Å²) in [5.74, 6) is 0. The fraction of sp³-hybridized carbons (Fsp3) is 1.00. The Kier molecular flexibility index (Phi) is 2.10. The molecule has 0 spiro atoms. The first-order valence-corrected chi connectivity index (χ1v) is 9.42. The summed E-state index contributed by atoms with van der Waals surface area (Å²) in [5, 5.41) is 0. The lowest BCUT2D eigenvalue weighted by Gasteiger charge is -2.38. The lowest BCUT2D eigenvalue weighted by atomic mass is 10.0. The molecule has 4 saturated heterocycles. The average molecular weight is 227 g/mol. The van der Waals surface area contributed by atoms with Gasteiger partial charge in [0.2, 0.25) is 0 Å². The van der Waals surface area contributed by atoms with Crippen LogP contribution in [0.5, 0.6) is 0 Å². The van der Waals surface area contributed by atoms with E-state index in [0.717, 1.165) is 0 Å². The van der Waals surface area contributed by atoms with E-state index in [1.807, 2.05) is 0 Å². The minimum Gasteiger partial charge on any atom is -0.410 e. The third-order valence-electron chi connectivity index (χ3n) is 3.98. The van der Waals surface area contributed by atoms with Gasteiger partial charge in [-0.25, -0.2) is 0 Å². The molecule has 4 bridgehead atoms. The third-order valence-corrected chi connectivity index (χ3v) is 4.96. The van der Waals surface area contributed by atoms with Crippen LogP contribution in [0.15, 0.2) is 0 Å². The summed E-state index contributed by atoms with van der Waals surface area (Å²) in [6.07, 6.45) is 3.65. The van der Waals surface area contributed by atoms with Crippen LogP contribution in [0.4, 0.5) is 0 Å². The van der Waals surface area contributed by atoms with Gasteiger partial charge in [0.05, 0.1) is 18.3 Å². The second kappa shape index (κ2) is 3.06. The molecule has 15 heavy (non-hydrogen) atoms. The maximum absolute atomic E-state index is 6.31. The Hall–Kier alpha value is 0.0969. The van der Waals surface area contributed by atoms with Crippen molar-refractivity contribution in [2.75, 3.05) is 7.05 Å². The molecule has 4 rings (SSSR count). The second-order valence-electron chi connectivity index (χ2n) is 6.19. The minimum atomic E-state index is -1.44. The minimum absolute atomic E-state index is 0.352. The highest BCUT2D eigenvalue weighted by molar-refractivity contribution is 6.69. The van der Waals surface area contributed by atoms with E-state index >= 15 is 0 Å². The molecule has 86 valence electrons. The number of hydrogen-bond acceptors (Lipinski definition) is 3. The van der Waals surface area contributed by atoms with Crippen molar-refractivity contribution < 1.29 is 9.16 Å². The first kappa shape index (κ1) is 10.3. The van der Waals surface area contributed by atoms with E-state index in [1.54, 1.807) is 0 Å². The molecular formula is C11H21NO2Si. The van der Waals surface area contributed by atoms with Crippen LogP contribution in [0.25, 0.3) is 0 Å². The number of nitrogens with zero attached hydrogens (tertiary/aromatic N) is 1. The molecular weight excluding hydrogens is 206 g/mol. The summed E-state index contributed by atoms with van der Waals surface area (Å²) in [4.78, 5) is 2.50. The van der Waals surface area contributed by atoms with Crippen molar-refractivity contribution in [1.29, 1.82) is 0 Å². The van der Waals surface area contributed by atoms with Gasteiger partial charge in [0.1, 0.15) is 0 Å². The highest BCUT2D eigenvalue weighted by atomic mass is 28.4. The van der Waals surface area contributed by atoms with Gasteiger partial charge in [-0.15, -0.1) is 0 Å². The van der Waals surface area contributed by atoms with Crippen LogP contribution in [0, 0.1) is 0 Å². The number of rotatable bonds is 2. The normalized spacial score (nSPS) is 49.2. The van der Waals surface area contributed by atoms with Crippen molar-refractivity contribution in [1.82, 2.24) is 4.90 Å². The second-order valence-corrected chi connectivity index (χ2v) is 10.6. The van der Waals surface area contributed by atoms with E-state index in [9.17, 15) is 0 Å². The van der Waals surface area contributed by atoms with E-state index < -0.39 is 8.32 Å². The summed E-state index contributed by atoms with van der Waals surface area (Å²) in [5.41, 5.74) is 0. The van der Waals surface area contributed by atoms with Crippen molar-refractivity contribution in [3.05, 3.63) is 0 Å². The van der Waals surface area contributed by atoms with Crippen LogP contribution in [0.3, 0.4) is 0 Å². The summed E-state index contributed by atoms with van der Waals surface area (Å²) in [6, 6.07) is 1.26. The number of likely N-dealkylation sites (N-methyl/N-ethyl adjacent to an activating group) is 1.